The van der Waals surface area contributed by atoms with Gasteiger partial charge in [-0.1, -0.05) is 6.07 Å². The molecule has 0 atom stereocenters. The number of aromatic nitrogens is 3. The van der Waals surface area contributed by atoms with Crippen molar-refractivity contribution < 1.29 is 0 Å². The molecule has 5 nitrogen and oxygen atoms in total. The summed E-state index contributed by atoms with van der Waals surface area (Å²) in [5.74, 6) is 0.703. The highest BCUT2D eigenvalue weighted by Gasteiger charge is 2.09. The zero-order valence-electron chi connectivity index (χ0n) is 11.4. The lowest BCUT2D eigenvalue weighted by atomic mass is 10.3. The molecule has 100 valence electrons. The maximum atomic E-state index is 5.61. The van der Waals surface area contributed by atoms with Crippen LogP contribution in [0.1, 0.15) is 24.0 Å². The van der Waals surface area contributed by atoms with E-state index in [2.05, 4.69) is 26.8 Å². The Hall–Kier alpha value is -2.01. The van der Waals surface area contributed by atoms with Gasteiger partial charge in [0.1, 0.15) is 0 Å². The van der Waals surface area contributed by atoms with Crippen LogP contribution in [0.2, 0.25) is 0 Å². The normalized spacial score (nSPS) is 10.5. The van der Waals surface area contributed by atoms with Gasteiger partial charge < -0.3 is 10.6 Å². The van der Waals surface area contributed by atoms with E-state index in [-0.39, 0.29) is 0 Å². The molecule has 0 aliphatic rings. The summed E-state index contributed by atoms with van der Waals surface area (Å²) in [5.41, 5.74) is 8.50. The quantitative estimate of drug-likeness (QED) is 0.882. The molecular weight excluding hydrogens is 238 g/mol. The molecule has 5 heteroatoms. The van der Waals surface area contributed by atoms with Gasteiger partial charge in [0.15, 0.2) is 0 Å². The van der Waals surface area contributed by atoms with Gasteiger partial charge in [0, 0.05) is 25.0 Å². The van der Waals surface area contributed by atoms with Crippen molar-refractivity contribution in [1.29, 1.82) is 0 Å². The van der Waals surface area contributed by atoms with Gasteiger partial charge in [0.05, 0.1) is 17.9 Å². The van der Waals surface area contributed by atoms with Crippen LogP contribution in [0, 0.1) is 6.92 Å². The van der Waals surface area contributed by atoms with Gasteiger partial charge >= 0.3 is 0 Å². The van der Waals surface area contributed by atoms with E-state index >= 15 is 0 Å². The van der Waals surface area contributed by atoms with Gasteiger partial charge in [-0.15, -0.1) is 0 Å². The molecule has 0 aliphatic carbocycles. The van der Waals surface area contributed by atoms with Crippen LogP contribution in [0.25, 0.3) is 0 Å². The molecule has 0 radical (unpaired) electrons. The fourth-order valence-electron chi connectivity index (χ4n) is 1.86. The molecule has 0 bridgehead atoms. The van der Waals surface area contributed by atoms with E-state index in [0.717, 1.165) is 23.6 Å². The van der Waals surface area contributed by atoms with Gasteiger partial charge in [-0.2, -0.15) is 0 Å². The predicted octanol–water partition coefficient (Wildman–Crippen LogP) is 1.67. The lowest BCUT2D eigenvalue weighted by Gasteiger charge is -2.20. The third-order valence-electron chi connectivity index (χ3n) is 2.87. The summed E-state index contributed by atoms with van der Waals surface area (Å²) in [7, 11) is 0. The van der Waals surface area contributed by atoms with Gasteiger partial charge in [0.25, 0.3) is 0 Å². The summed E-state index contributed by atoms with van der Waals surface area (Å²) < 4.78 is 0. The van der Waals surface area contributed by atoms with E-state index in [1.807, 2.05) is 31.2 Å². The van der Waals surface area contributed by atoms with Crippen molar-refractivity contribution >= 4 is 5.95 Å². The molecule has 0 saturated carbocycles. The Morgan fingerprint density at radius 3 is 2.68 bits per heavy atom. The topological polar surface area (TPSA) is 67.9 Å². The molecule has 2 aromatic rings. The van der Waals surface area contributed by atoms with Crippen molar-refractivity contribution in [3.8, 4) is 0 Å². The zero-order chi connectivity index (χ0) is 13.7. The van der Waals surface area contributed by atoms with Crippen molar-refractivity contribution in [2.24, 2.45) is 5.73 Å². The van der Waals surface area contributed by atoms with E-state index in [0.29, 0.717) is 19.0 Å². The van der Waals surface area contributed by atoms with Gasteiger partial charge in [0.2, 0.25) is 5.95 Å². The first-order valence-corrected chi connectivity index (χ1v) is 6.42. The second-order valence-corrected chi connectivity index (χ2v) is 4.34. The maximum Gasteiger partial charge on any atom is 0.225 e. The molecule has 19 heavy (non-hydrogen) atoms. The van der Waals surface area contributed by atoms with E-state index in [4.69, 9.17) is 5.73 Å². The molecule has 2 N–H and O–H groups in total. The predicted molar refractivity (Wildman–Crippen MR) is 75.6 cm³/mol. The van der Waals surface area contributed by atoms with Crippen LogP contribution in [0.15, 0.2) is 30.5 Å². The summed E-state index contributed by atoms with van der Waals surface area (Å²) >= 11 is 0. The SMILES string of the molecule is CCN(Cc1cccc(C)n1)c1nccc(CN)n1. The molecule has 0 spiro atoms. The van der Waals surface area contributed by atoms with E-state index < -0.39 is 0 Å². The number of anilines is 1. The Balaban J connectivity index is 2.19. The molecule has 0 unspecified atom stereocenters. The second-order valence-electron chi connectivity index (χ2n) is 4.34. The van der Waals surface area contributed by atoms with Crippen LogP contribution in [0.5, 0.6) is 0 Å². The number of hydrogen-bond acceptors (Lipinski definition) is 5. The summed E-state index contributed by atoms with van der Waals surface area (Å²) in [6.07, 6.45) is 1.75. The largest absolute Gasteiger partial charge is 0.335 e. The number of nitrogens with zero attached hydrogens (tertiary/aromatic N) is 4. The first-order valence-electron chi connectivity index (χ1n) is 6.42. The molecule has 0 amide bonds. The second kappa shape index (κ2) is 6.24. The van der Waals surface area contributed by atoms with Crippen molar-refractivity contribution in [2.45, 2.75) is 26.9 Å². The standard InChI is InChI=1S/C14H19N5/c1-3-19(10-13-6-4-5-11(2)17-13)14-16-8-7-12(9-15)18-14/h4-8H,3,9-10,15H2,1-2H3. The van der Waals surface area contributed by atoms with Crippen molar-refractivity contribution in [3.63, 3.8) is 0 Å². The van der Waals surface area contributed by atoms with Crippen molar-refractivity contribution in [2.75, 3.05) is 11.4 Å². The fourth-order valence-corrected chi connectivity index (χ4v) is 1.86. The van der Waals surface area contributed by atoms with Gasteiger partial charge in [-0.3, -0.25) is 4.98 Å². The Bertz CT molecular complexity index is 541. The first kappa shape index (κ1) is 13.4. The minimum atomic E-state index is 0.426. The minimum Gasteiger partial charge on any atom is -0.335 e. The monoisotopic (exact) mass is 257 g/mol. The summed E-state index contributed by atoms with van der Waals surface area (Å²) in [6, 6.07) is 7.86. The average Bonchev–Trinajstić information content (AvgIpc) is 2.45. The summed E-state index contributed by atoms with van der Waals surface area (Å²) in [6.45, 7) is 6.02. The molecule has 0 fully saturated rings. The number of pyridine rings is 1. The van der Waals surface area contributed by atoms with Crippen LogP contribution in [-0.4, -0.2) is 21.5 Å². The molecule has 2 rings (SSSR count). The number of aryl methyl sites for hydroxylation is 1. The highest BCUT2D eigenvalue weighted by Crippen LogP contribution is 2.11. The van der Waals surface area contributed by atoms with Crippen LogP contribution in [0.4, 0.5) is 5.95 Å². The Morgan fingerprint density at radius 2 is 2.00 bits per heavy atom. The molecule has 0 aromatic carbocycles. The molecular formula is C14H19N5. The number of nitrogens with two attached hydrogens (primary N) is 1. The zero-order valence-corrected chi connectivity index (χ0v) is 11.4. The van der Waals surface area contributed by atoms with Gasteiger partial charge in [-0.25, -0.2) is 9.97 Å². The number of hydrogen-bond donors (Lipinski definition) is 1. The van der Waals surface area contributed by atoms with Crippen LogP contribution < -0.4 is 10.6 Å². The maximum absolute atomic E-state index is 5.61. The third kappa shape index (κ3) is 3.48. The fraction of sp³-hybridized carbons (Fsp3) is 0.357. The Morgan fingerprint density at radius 1 is 1.16 bits per heavy atom. The van der Waals surface area contributed by atoms with E-state index in [1.165, 1.54) is 0 Å². The molecule has 0 saturated heterocycles. The average molecular weight is 257 g/mol. The van der Waals surface area contributed by atoms with E-state index in [1.54, 1.807) is 6.20 Å². The van der Waals surface area contributed by atoms with E-state index in [9.17, 15) is 0 Å². The van der Waals surface area contributed by atoms with Crippen LogP contribution in [-0.2, 0) is 13.1 Å². The van der Waals surface area contributed by atoms with Crippen molar-refractivity contribution in [3.05, 3.63) is 47.5 Å². The smallest absolute Gasteiger partial charge is 0.225 e. The lowest BCUT2D eigenvalue weighted by molar-refractivity contribution is 0.763. The summed E-state index contributed by atoms with van der Waals surface area (Å²) in [5, 5.41) is 0. The number of rotatable bonds is 5. The molecule has 2 heterocycles. The highest BCUT2D eigenvalue weighted by molar-refractivity contribution is 5.31. The van der Waals surface area contributed by atoms with Gasteiger partial charge in [-0.05, 0) is 32.0 Å². The Labute approximate surface area is 113 Å². The van der Waals surface area contributed by atoms with Crippen molar-refractivity contribution in [1.82, 2.24) is 15.0 Å². The minimum absolute atomic E-state index is 0.426. The summed E-state index contributed by atoms with van der Waals surface area (Å²) in [4.78, 5) is 15.3. The molecule has 2 aromatic heterocycles. The molecule has 0 aliphatic heterocycles. The highest BCUT2D eigenvalue weighted by atomic mass is 15.2. The lowest BCUT2D eigenvalue weighted by Crippen LogP contribution is -2.25. The Kier molecular flexibility index (Phi) is 4.41. The third-order valence-corrected chi connectivity index (χ3v) is 2.87. The van der Waals surface area contributed by atoms with Crippen LogP contribution in [0.3, 0.4) is 0 Å². The van der Waals surface area contributed by atoms with Crippen LogP contribution >= 0.6 is 0 Å². The first-order chi connectivity index (χ1) is 9.22.